The summed E-state index contributed by atoms with van der Waals surface area (Å²) >= 11 is 0. The van der Waals surface area contributed by atoms with Crippen LogP contribution in [0.15, 0.2) is 24.3 Å². The van der Waals surface area contributed by atoms with Gasteiger partial charge in [-0.1, -0.05) is 26.0 Å². The Hall–Kier alpha value is -1.40. The van der Waals surface area contributed by atoms with Crippen molar-refractivity contribution in [2.24, 2.45) is 0 Å². The second-order valence-corrected chi connectivity index (χ2v) is 5.81. The van der Waals surface area contributed by atoms with E-state index in [2.05, 4.69) is 0 Å². The maximum absolute atomic E-state index is 12.0. The number of sulfonamides is 1. The maximum Gasteiger partial charge on any atom is 0.335 e. The van der Waals surface area contributed by atoms with Crippen LogP contribution < -0.4 is 0 Å². The SMILES string of the molecule is CCN(CC)S(=O)(=O)Cc1cccc(C(=O)O)c1. The molecule has 0 aliphatic rings. The van der Waals surface area contributed by atoms with Crippen LogP contribution >= 0.6 is 0 Å². The summed E-state index contributed by atoms with van der Waals surface area (Å²) in [6, 6.07) is 6.00. The lowest BCUT2D eigenvalue weighted by Crippen LogP contribution is -2.31. The molecule has 100 valence electrons. The second kappa shape index (κ2) is 5.97. The molecule has 6 heteroatoms. The minimum atomic E-state index is -3.38. The molecule has 0 unspecified atom stereocenters. The van der Waals surface area contributed by atoms with Gasteiger partial charge in [0.1, 0.15) is 0 Å². The molecule has 0 fully saturated rings. The third-order valence-corrected chi connectivity index (χ3v) is 4.62. The van der Waals surface area contributed by atoms with Gasteiger partial charge >= 0.3 is 5.97 Å². The number of rotatable bonds is 6. The largest absolute Gasteiger partial charge is 0.478 e. The van der Waals surface area contributed by atoms with Gasteiger partial charge in [0.15, 0.2) is 0 Å². The number of carboxylic acids is 1. The van der Waals surface area contributed by atoms with E-state index in [4.69, 9.17) is 5.11 Å². The highest BCUT2D eigenvalue weighted by Gasteiger charge is 2.19. The molecule has 5 nitrogen and oxygen atoms in total. The van der Waals surface area contributed by atoms with Crippen LogP contribution in [-0.4, -0.2) is 36.9 Å². The van der Waals surface area contributed by atoms with Crippen LogP contribution in [0.25, 0.3) is 0 Å². The molecule has 0 aromatic heterocycles. The molecular formula is C12H17NO4S. The molecule has 1 rings (SSSR count). The molecule has 0 saturated carbocycles. The van der Waals surface area contributed by atoms with Gasteiger partial charge in [-0.15, -0.1) is 0 Å². The summed E-state index contributed by atoms with van der Waals surface area (Å²) in [5.74, 6) is -1.23. The minimum Gasteiger partial charge on any atom is -0.478 e. The summed E-state index contributed by atoms with van der Waals surface area (Å²) in [6.07, 6.45) is 0. The van der Waals surface area contributed by atoms with Gasteiger partial charge in [0, 0.05) is 13.1 Å². The van der Waals surface area contributed by atoms with Gasteiger partial charge in [-0.2, -0.15) is 0 Å². The van der Waals surface area contributed by atoms with E-state index in [1.165, 1.54) is 16.4 Å². The van der Waals surface area contributed by atoms with Crippen LogP contribution in [0, 0.1) is 0 Å². The van der Waals surface area contributed by atoms with E-state index >= 15 is 0 Å². The summed E-state index contributed by atoms with van der Waals surface area (Å²) in [5.41, 5.74) is 0.587. The van der Waals surface area contributed by atoms with E-state index in [1.807, 2.05) is 0 Å². The van der Waals surface area contributed by atoms with Crippen LogP contribution in [-0.2, 0) is 15.8 Å². The van der Waals surface area contributed by atoms with Gasteiger partial charge in [0.05, 0.1) is 11.3 Å². The van der Waals surface area contributed by atoms with Gasteiger partial charge in [-0.25, -0.2) is 17.5 Å². The quantitative estimate of drug-likeness (QED) is 0.852. The van der Waals surface area contributed by atoms with E-state index in [9.17, 15) is 13.2 Å². The fraction of sp³-hybridized carbons (Fsp3) is 0.417. The molecule has 1 aromatic rings. The Morgan fingerprint density at radius 3 is 2.39 bits per heavy atom. The standard InChI is InChI=1S/C12H17NO4S/c1-3-13(4-2)18(16,17)9-10-6-5-7-11(8-10)12(14)15/h5-8H,3-4,9H2,1-2H3,(H,14,15). The zero-order valence-electron chi connectivity index (χ0n) is 10.5. The monoisotopic (exact) mass is 271 g/mol. The number of aromatic carboxylic acids is 1. The van der Waals surface area contributed by atoms with Crippen molar-refractivity contribution in [1.29, 1.82) is 0 Å². The van der Waals surface area contributed by atoms with E-state index in [0.717, 1.165) is 0 Å². The predicted molar refractivity (Wildman–Crippen MR) is 68.9 cm³/mol. The third-order valence-electron chi connectivity index (χ3n) is 2.62. The van der Waals surface area contributed by atoms with E-state index in [1.54, 1.807) is 26.0 Å². The van der Waals surface area contributed by atoms with Crippen molar-refractivity contribution in [3.63, 3.8) is 0 Å². The van der Waals surface area contributed by atoms with Crippen LogP contribution in [0.2, 0.25) is 0 Å². The number of hydrogen-bond acceptors (Lipinski definition) is 3. The van der Waals surface area contributed by atoms with Crippen molar-refractivity contribution in [2.45, 2.75) is 19.6 Å². The van der Waals surface area contributed by atoms with Crippen LogP contribution in [0.5, 0.6) is 0 Å². The number of benzene rings is 1. The molecule has 1 aromatic carbocycles. The molecule has 0 spiro atoms. The lowest BCUT2D eigenvalue weighted by Gasteiger charge is -2.18. The summed E-state index contributed by atoms with van der Waals surface area (Å²) in [5, 5.41) is 8.85. The first-order chi connectivity index (χ1) is 8.40. The van der Waals surface area contributed by atoms with Crippen molar-refractivity contribution >= 4 is 16.0 Å². The molecule has 0 bridgehead atoms. The highest BCUT2D eigenvalue weighted by Crippen LogP contribution is 2.12. The molecule has 0 atom stereocenters. The predicted octanol–water partition coefficient (Wildman–Crippen LogP) is 1.56. The summed E-state index contributed by atoms with van der Waals surface area (Å²) in [4.78, 5) is 10.8. The fourth-order valence-corrected chi connectivity index (χ4v) is 3.28. The third kappa shape index (κ3) is 3.54. The lowest BCUT2D eigenvalue weighted by atomic mass is 10.1. The van der Waals surface area contributed by atoms with E-state index in [0.29, 0.717) is 18.7 Å². The van der Waals surface area contributed by atoms with Gasteiger partial charge in [-0.3, -0.25) is 0 Å². The Bertz CT molecular complexity index is 521. The van der Waals surface area contributed by atoms with Crippen molar-refractivity contribution in [3.05, 3.63) is 35.4 Å². The Morgan fingerprint density at radius 1 is 1.28 bits per heavy atom. The van der Waals surface area contributed by atoms with Gasteiger partial charge in [0.2, 0.25) is 10.0 Å². The smallest absolute Gasteiger partial charge is 0.335 e. The van der Waals surface area contributed by atoms with Crippen LogP contribution in [0.3, 0.4) is 0 Å². The summed E-state index contributed by atoms with van der Waals surface area (Å²) in [6.45, 7) is 4.37. The highest BCUT2D eigenvalue weighted by atomic mass is 32.2. The second-order valence-electron chi connectivity index (χ2n) is 3.85. The first-order valence-electron chi connectivity index (χ1n) is 5.70. The van der Waals surface area contributed by atoms with Gasteiger partial charge in [-0.05, 0) is 17.7 Å². The molecule has 0 aliphatic carbocycles. The summed E-state index contributed by atoms with van der Waals surface area (Å²) in [7, 11) is -3.38. The molecule has 1 N–H and O–H groups in total. The molecular weight excluding hydrogens is 254 g/mol. The van der Waals surface area contributed by atoms with E-state index < -0.39 is 16.0 Å². The average Bonchev–Trinajstić information content (AvgIpc) is 2.29. The van der Waals surface area contributed by atoms with Crippen molar-refractivity contribution < 1.29 is 18.3 Å². The van der Waals surface area contributed by atoms with Crippen molar-refractivity contribution in [1.82, 2.24) is 4.31 Å². The first kappa shape index (κ1) is 14.7. The zero-order chi connectivity index (χ0) is 13.8. The number of hydrogen-bond donors (Lipinski definition) is 1. The average molecular weight is 271 g/mol. The Morgan fingerprint density at radius 2 is 1.89 bits per heavy atom. The number of carbonyl (C=O) groups is 1. The summed E-state index contributed by atoms with van der Waals surface area (Å²) < 4.78 is 25.4. The Kier molecular flexibility index (Phi) is 4.86. The molecule has 0 amide bonds. The fourth-order valence-electron chi connectivity index (χ4n) is 1.71. The zero-order valence-corrected chi connectivity index (χ0v) is 11.3. The molecule has 0 radical (unpaired) electrons. The van der Waals surface area contributed by atoms with Crippen molar-refractivity contribution in [2.75, 3.05) is 13.1 Å². The minimum absolute atomic E-state index is 0.0993. The molecule has 0 saturated heterocycles. The topological polar surface area (TPSA) is 74.7 Å². The molecule has 18 heavy (non-hydrogen) atoms. The number of carboxylic acid groups (broad SMARTS) is 1. The van der Waals surface area contributed by atoms with E-state index in [-0.39, 0.29) is 11.3 Å². The highest BCUT2D eigenvalue weighted by molar-refractivity contribution is 7.88. The Labute approximate surface area is 107 Å². The van der Waals surface area contributed by atoms with Gasteiger partial charge in [0.25, 0.3) is 0 Å². The van der Waals surface area contributed by atoms with Crippen molar-refractivity contribution in [3.8, 4) is 0 Å². The van der Waals surface area contributed by atoms with Crippen LogP contribution in [0.4, 0.5) is 0 Å². The lowest BCUT2D eigenvalue weighted by molar-refractivity contribution is 0.0696. The van der Waals surface area contributed by atoms with Crippen LogP contribution in [0.1, 0.15) is 29.8 Å². The number of nitrogens with zero attached hydrogens (tertiary/aromatic N) is 1. The molecule has 0 heterocycles. The molecule has 0 aliphatic heterocycles. The first-order valence-corrected chi connectivity index (χ1v) is 7.31. The maximum atomic E-state index is 12.0. The Balaban J connectivity index is 2.97. The normalized spacial score (nSPS) is 11.7. The van der Waals surface area contributed by atoms with Gasteiger partial charge < -0.3 is 5.11 Å².